The van der Waals surface area contributed by atoms with E-state index in [0.717, 1.165) is 11.3 Å². The molecule has 0 aliphatic heterocycles. The topological polar surface area (TPSA) is 77.0 Å². The molecule has 27 heavy (non-hydrogen) atoms. The minimum Gasteiger partial charge on any atom is -0.497 e. The molecule has 0 spiro atoms. The van der Waals surface area contributed by atoms with E-state index in [9.17, 15) is 9.90 Å². The molecule has 0 aliphatic rings. The fraction of sp³-hybridized carbons (Fsp3) is 0.381. The van der Waals surface area contributed by atoms with Gasteiger partial charge in [-0.05, 0) is 62.7 Å². The largest absolute Gasteiger partial charge is 0.497 e. The van der Waals surface area contributed by atoms with Crippen molar-refractivity contribution in [1.29, 1.82) is 0 Å². The maximum atomic E-state index is 12.4. The first-order valence-corrected chi connectivity index (χ1v) is 8.69. The summed E-state index contributed by atoms with van der Waals surface area (Å²) in [5.41, 5.74) is 0.770. The van der Waals surface area contributed by atoms with Crippen LogP contribution in [-0.2, 0) is 9.53 Å². The van der Waals surface area contributed by atoms with E-state index in [0.29, 0.717) is 11.5 Å². The van der Waals surface area contributed by atoms with Gasteiger partial charge in [0, 0.05) is 5.69 Å². The summed E-state index contributed by atoms with van der Waals surface area (Å²) in [6.07, 6.45) is -1.39. The molecule has 0 saturated carbocycles. The smallest absolute Gasteiger partial charge is 0.338 e. The highest BCUT2D eigenvalue weighted by Crippen LogP contribution is 2.27. The van der Waals surface area contributed by atoms with Gasteiger partial charge in [0.1, 0.15) is 17.1 Å². The van der Waals surface area contributed by atoms with E-state index in [-0.39, 0.29) is 0 Å². The van der Waals surface area contributed by atoms with Gasteiger partial charge in [0.05, 0.1) is 20.3 Å². The number of nitrogens with one attached hydrogen (secondary N) is 1. The first kappa shape index (κ1) is 20.6. The summed E-state index contributed by atoms with van der Waals surface area (Å²) in [6.45, 7) is 5.28. The Kier molecular flexibility index (Phi) is 6.69. The van der Waals surface area contributed by atoms with Crippen molar-refractivity contribution in [3.63, 3.8) is 0 Å². The predicted octanol–water partition coefficient (Wildman–Crippen LogP) is 3.56. The summed E-state index contributed by atoms with van der Waals surface area (Å²) in [6, 6.07) is 13.7. The van der Waals surface area contributed by atoms with Crippen LogP contribution < -0.4 is 14.8 Å². The molecular weight excluding hydrogens is 346 g/mol. The monoisotopic (exact) mass is 373 g/mol. The summed E-state index contributed by atoms with van der Waals surface area (Å²) in [7, 11) is 3.17. The maximum absolute atomic E-state index is 12.4. The quantitative estimate of drug-likeness (QED) is 0.723. The van der Waals surface area contributed by atoms with Gasteiger partial charge in [0.25, 0.3) is 0 Å². The Balaban J connectivity index is 2.29. The standard InChI is InChI=1S/C21H27NO5/c1-21(2,3)27-20(24)19(23)18(14-6-10-16(25-4)11-7-14)22-15-8-12-17(26-5)13-9-15/h6-13,18-19,22-23H,1-5H3/t18-,19+/m1/s1. The number of esters is 1. The number of anilines is 1. The van der Waals surface area contributed by atoms with Crippen LogP contribution in [0.2, 0.25) is 0 Å². The SMILES string of the molecule is COc1ccc(N[C@H](c2ccc(OC)cc2)[C@H](O)C(=O)OC(C)(C)C)cc1. The van der Waals surface area contributed by atoms with Crippen LogP contribution in [0.1, 0.15) is 32.4 Å². The van der Waals surface area contributed by atoms with Gasteiger partial charge in [-0.3, -0.25) is 0 Å². The molecule has 0 saturated heterocycles. The average molecular weight is 373 g/mol. The average Bonchev–Trinajstić information content (AvgIpc) is 2.65. The number of carbonyl (C=O) groups excluding carboxylic acids is 1. The number of aliphatic hydroxyl groups excluding tert-OH is 1. The fourth-order valence-electron chi connectivity index (χ4n) is 2.52. The van der Waals surface area contributed by atoms with Crippen LogP contribution in [0.5, 0.6) is 11.5 Å². The molecule has 0 unspecified atom stereocenters. The Morgan fingerprint density at radius 1 is 0.926 bits per heavy atom. The van der Waals surface area contributed by atoms with E-state index in [1.54, 1.807) is 71.4 Å². The Morgan fingerprint density at radius 3 is 1.85 bits per heavy atom. The molecule has 2 aromatic rings. The van der Waals surface area contributed by atoms with Gasteiger partial charge in [-0.2, -0.15) is 0 Å². The first-order valence-electron chi connectivity index (χ1n) is 8.69. The zero-order valence-corrected chi connectivity index (χ0v) is 16.4. The zero-order valence-electron chi connectivity index (χ0n) is 16.4. The maximum Gasteiger partial charge on any atom is 0.338 e. The van der Waals surface area contributed by atoms with Crippen LogP contribution in [0.25, 0.3) is 0 Å². The number of ether oxygens (including phenoxy) is 3. The van der Waals surface area contributed by atoms with Crippen molar-refractivity contribution in [3.8, 4) is 11.5 Å². The molecule has 0 aromatic heterocycles. The second kappa shape index (κ2) is 8.77. The third kappa shape index (κ3) is 5.89. The minimum atomic E-state index is -1.39. The number of rotatable bonds is 7. The van der Waals surface area contributed by atoms with Gasteiger partial charge in [-0.25, -0.2) is 4.79 Å². The molecule has 2 rings (SSSR count). The molecule has 0 amide bonds. The van der Waals surface area contributed by atoms with Gasteiger partial charge in [0.15, 0.2) is 6.10 Å². The van der Waals surface area contributed by atoms with Crippen molar-refractivity contribution < 1.29 is 24.1 Å². The highest BCUT2D eigenvalue weighted by molar-refractivity contribution is 5.77. The third-order valence-corrected chi connectivity index (χ3v) is 3.85. The van der Waals surface area contributed by atoms with Gasteiger partial charge in [-0.15, -0.1) is 0 Å². The summed E-state index contributed by atoms with van der Waals surface area (Å²) in [5.74, 6) is 0.715. The van der Waals surface area contributed by atoms with E-state index < -0.39 is 23.7 Å². The van der Waals surface area contributed by atoms with Crippen molar-refractivity contribution in [3.05, 3.63) is 54.1 Å². The van der Waals surface area contributed by atoms with Crippen LogP contribution >= 0.6 is 0 Å². The first-order chi connectivity index (χ1) is 12.7. The third-order valence-electron chi connectivity index (χ3n) is 3.85. The molecule has 2 aromatic carbocycles. The minimum absolute atomic E-state index is 0.689. The van der Waals surface area contributed by atoms with Gasteiger partial charge >= 0.3 is 5.97 Å². The fourth-order valence-corrected chi connectivity index (χ4v) is 2.52. The predicted molar refractivity (Wildman–Crippen MR) is 104 cm³/mol. The van der Waals surface area contributed by atoms with E-state index in [4.69, 9.17) is 14.2 Å². The van der Waals surface area contributed by atoms with E-state index >= 15 is 0 Å². The Hall–Kier alpha value is -2.73. The summed E-state index contributed by atoms with van der Waals surface area (Å²) >= 11 is 0. The lowest BCUT2D eigenvalue weighted by Crippen LogP contribution is -2.38. The normalized spacial score (nSPS) is 13.4. The molecule has 2 N–H and O–H groups in total. The Morgan fingerprint density at radius 2 is 1.41 bits per heavy atom. The van der Waals surface area contributed by atoms with Gasteiger partial charge in [-0.1, -0.05) is 12.1 Å². The second-order valence-electron chi connectivity index (χ2n) is 7.10. The molecule has 0 fully saturated rings. The molecule has 2 atom stereocenters. The number of aliphatic hydroxyl groups is 1. The van der Waals surface area contributed by atoms with Crippen LogP contribution in [-0.4, -0.2) is 37.0 Å². The Bertz CT molecular complexity index is 735. The van der Waals surface area contributed by atoms with Crippen LogP contribution in [0.4, 0.5) is 5.69 Å². The second-order valence-corrected chi connectivity index (χ2v) is 7.10. The zero-order chi connectivity index (χ0) is 20.0. The number of hydrogen-bond donors (Lipinski definition) is 2. The van der Waals surface area contributed by atoms with Crippen molar-refractivity contribution in [2.24, 2.45) is 0 Å². The number of carbonyl (C=O) groups is 1. The number of hydrogen-bond acceptors (Lipinski definition) is 6. The van der Waals surface area contributed by atoms with E-state index in [2.05, 4.69) is 5.32 Å². The van der Waals surface area contributed by atoms with Gasteiger partial charge < -0.3 is 24.6 Å². The van der Waals surface area contributed by atoms with Gasteiger partial charge in [0.2, 0.25) is 0 Å². The summed E-state index contributed by atoms with van der Waals surface area (Å²) in [4.78, 5) is 12.4. The highest BCUT2D eigenvalue weighted by Gasteiger charge is 2.31. The van der Waals surface area contributed by atoms with Crippen molar-refractivity contribution in [2.45, 2.75) is 38.5 Å². The van der Waals surface area contributed by atoms with Crippen LogP contribution in [0, 0.1) is 0 Å². The lowest BCUT2D eigenvalue weighted by Gasteiger charge is -2.28. The van der Waals surface area contributed by atoms with Crippen LogP contribution in [0.3, 0.4) is 0 Å². The molecule has 6 nitrogen and oxygen atoms in total. The lowest BCUT2D eigenvalue weighted by atomic mass is 10.00. The number of methoxy groups -OCH3 is 2. The van der Waals surface area contributed by atoms with E-state index in [1.165, 1.54) is 0 Å². The lowest BCUT2D eigenvalue weighted by molar-refractivity contribution is -0.165. The van der Waals surface area contributed by atoms with Crippen LogP contribution in [0.15, 0.2) is 48.5 Å². The molecule has 146 valence electrons. The summed E-state index contributed by atoms with van der Waals surface area (Å²) < 4.78 is 15.7. The summed E-state index contributed by atoms with van der Waals surface area (Å²) in [5, 5.41) is 13.9. The van der Waals surface area contributed by atoms with Crippen molar-refractivity contribution in [2.75, 3.05) is 19.5 Å². The molecule has 0 heterocycles. The molecule has 6 heteroatoms. The Labute approximate surface area is 160 Å². The molecule has 0 radical (unpaired) electrons. The number of benzene rings is 2. The van der Waals surface area contributed by atoms with Crippen molar-refractivity contribution in [1.82, 2.24) is 0 Å². The van der Waals surface area contributed by atoms with Crippen molar-refractivity contribution >= 4 is 11.7 Å². The highest BCUT2D eigenvalue weighted by atomic mass is 16.6. The molecular formula is C21H27NO5. The molecule has 0 bridgehead atoms. The van der Waals surface area contributed by atoms with E-state index in [1.807, 2.05) is 12.1 Å². The molecule has 0 aliphatic carbocycles.